The van der Waals surface area contributed by atoms with Gasteiger partial charge in [0.15, 0.2) is 0 Å². The van der Waals surface area contributed by atoms with Crippen molar-refractivity contribution in [3.05, 3.63) is 0 Å². The average Bonchev–Trinajstić information content (AvgIpc) is 2.40. The zero-order valence-corrected chi connectivity index (χ0v) is 10.8. The molecule has 0 aromatic rings. The fourth-order valence-electron chi connectivity index (χ4n) is 2.96. The molecule has 0 saturated carbocycles. The van der Waals surface area contributed by atoms with Crippen LogP contribution in [0.4, 0.5) is 0 Å². The first-order valence-electron chi connectivity index (χ1n) is 6.79. The smallest absolute Gasteiger partial charge is 0.226 e. The average molecular weight is 240 g/mol. The van der Waals surface area contributed by atoms with E-state index in [-0.39, 0.29) is 5.92 Å². The van der Waals surface area contributed by atoms with Crippen LogP contribution in [0, 0.1) is 11.8 Å². The fourth-order valence-corrected chi connectivity index (χ4v) is 2.96. The van der Waals surface area contributed by atoms with Gasteiger partial charge in [0.25, 0.3) is 0 Å². The van der Waals surface area contributed by atoms with Crippen molar-refractivity contribution in [1.82, 2.24) is 10.2 Å². The Morgan fingerprint density at radius 3 is 3.00 bits per heavy atom. The molecule has 2 fully saturated rings. The molecule has 1 N–H and O–H groups in total. The van der Waals surface area contributed by atoms with Gasteiger partial charge in [-0.2, -0.15) is 0 Å². The van der Waals surface area contributed by atoms with E-state index in [0.29, 0.717) is 11.8 Å². The SMILES string of the molecule is COCC1CCCN(C(=O)C2CCCNC2)C1. The number of nitrogens with one attached hydrogen (secondary N) is 1. The van der Waals surface area contributed by atoms with Gasteiger partial charge in [-0.1, -0.05) is 0 Å². The maximum Gasteiger partial charge on any atom is 0.226 e. The lowest BCUT2D eigenvalue weighted by molar-refractivity contribution is -0.138. The minimum atomic E-state index is 0.213. The molecular formula is C13H24N2O2. The maximum absolute atomic E-state index is 12.3. The molecule has 2 atom stereocenters. The van der Waals surface area contributed by atoms with Gasteiger partial charge in [0.05, 0.1) is 12.5 Å². The van der Waals surface area contributed by atoms with Gasteiger partial charge in [-0.05, 0) is 38.1 Å². The fraction of sp³-hybridized carbons (Fsp3) is 0.923. The van der Waals surface area contributed by atoms with Crippen molar-refractivity contribution >= 4 is 5.91 Å². The molecule has 2 unspecified atom stereocenters. The molecule has 2 rings (SSSR count). The summed E-state index contributed by atoms with van der Waals surface area (Å²) in [6.07, 6.45) is 4.50. The number of methoxy groups -OCH3 is 1. The third kappa shape index (κ3) is 3.42. The van der Waals surface area contributed by atoms with Crippen LogP contribution < -0.4 is 5.32 Å². The number of hydrogen-bond donors (Lipinski definition) is 1. The van der Waals surface area contributed by atoms with Crippen molar-refractivity contribution in [2.24, 2.45) is 11.8 Å². The third-order valence-electron chi connectivity index (χ3n) is 3.88. The number of nitrogens with zero attached hydrogens (tertiary/aromatic N) is 1. The Hall–Kier alpha value is -0.610. The van der Waals surface area contributed by atoms with E-state index in [0.717, 1.165) is 52.0 Å². The van der Waals surface area contributed by atoms with E-state index in [9.17, 15) is 4.79 Å². The number of carbonyl (C=O) groups is 1. The summed E-state index contributed by atoms with van der Waals surface area (Å²) in [5.41, 5.74) is 0. The lowest BCUT2D eigenvalue weighted by atomic mass is 9.94. The molecule has 0 bridgehead atoms. The first kappa shape index (κ1) is 12.8. The van der Waals surface area contributed by atoms with E-state index in [1.165, 1.54) is 6.42 Å². The van der Waals surface area contributed by atoms with Crippen LogP contribution in [0.2, 0.25) is 0 Å². The third-order valence-corrected chi connectivity index (χ3v) is 3.88. The molecule has 17 heavy (non-hydrogen) atoms. The molecular weight excluding hydrogens is 216 g/mol. The van der Waals surface area contributed by atoms with Gasteiger partial charge in [0.2, 0.25) is 5.91 Å². The largest absolute Gasteiger partial charge is 0.384 e. The van der Waals surface area contributed by atoms with Crippen molar-refractivity contribution in [1.29, 1.82) is 0 Å². The van der Waals surface area contributed by atoms with Gasteiger partial charge >= 0.3 is 0 Å². The monoisotopic (exact) mass is 240 g/mol. The number of rotatable bonds is 3. The summed E-state index contributed by atoms with van der Waals surface area (Å²) in [7, 11) is 1.74. The molecule has 0 aromatic carbocycles. The molecule has 0 aromatic heterocycles. The second-order valence-corrected chi connectivity index (χ2v) is 5.29. The van der Waals surface area contributed by atoms with Crippen LogP contribution in [-0.4, -0.2) is 50.7 Å². The minimum absolute atomic E-state index is 0.213. The highest BCUT2D eigenvalue weighted by Gasteiger charge is 2.29. The molecule has 4 nitrogen and oxygen atoms in total. The van der Waals surface area contributed by atoms with E-state index in [1.54, 1.807) is 7.11 Å². The molecule has 0 radical (unpaired) electrons. The molecule has 2 saturated heterocycles. The van der Waals surface area contributed by atoms with Gasteiger partial charge in [0, 0.05) is 26.7 Å². The number of hydrogen-bond acceptors (Lipinski definition) is 3. The molecule has 4 heteroatoms. The Labute approximate surface area is 104 Å². The maximum atomic E-state index is 12.3. The molecule has 2 aliphatic rings. The Kier molecular flexibility index (Phi) is 4.80. The lowest BCUT2D eigenvalue weighted by Crippen LogP contribution is -2.47. The number of piperidine rings is 2. The summed E-state index contributed by atoms with van der Waals surface area (Å²) in [4.78, 5) is 14.4. The number of ether oxygens (including phenoxy) is 1. The first-order valence-corrected chi connectivity index (χ1v) is 6.79. The summed E-state index contributed by atoms with van der Waals surface area (Å²) < 4.78 is 5.20. The van der Waals surface area contributed by atoms with E-state index < -0.39 is 0 Å². The molecule has 1 amide bonds. The standard InChI is InChI=1S/C13H24N2O2/c1-17-10-11-4-3-7-15(9-11)13(16)12-5-2-6-14-8-12/h11-12,14H,2-10H2,1H3. The molecule has 2 heterocycles. The van der Waals surface area contributed by atoms with Gasteiger partial charge in [0.1, 0.15) is 0 Å². The Morgan fingerprint density at radius 1 is 1.41 bits per heavy atom. The molecule has 0 spiro atoms. The van der Waals surface area contributed by atoms with E-state index >= 15 is 0 Å². The van der Waals surface area contributed by atoms with Crippen molar-refractivity contribution in [2.45, 2.75) is 25.7 Å². The minimum Gasteiger partial charge on any atom is -0.384 e. The zero-order valence-electron chi connectivity index (χ0n) is 10.8. The number of likely N-dealkylation sites (tertiary alicyclic amines) is 1. The normalized spacial score (nSPS) is 30.3. The van der Waals surface area contributed by atoms with Crippen LogP contribution in [0.3, 0.4) is 0 Å². The van der Waals surface area contributed by atoms with Crippen molar-refractivity contribution < 1.29 is 9.53 Å². The quantitative estimate of drug-likeness (QED) is 0.796. The molecule has 0 aliphatic carbocycles. The summed E-state index contributed by atoms with van der Waals surface area (Å²) in [6.45, 7) is 4.55. The first-order chi connectivity index (χ1) is 8.31. The Bertz CT molecular complexity index is 250. The van der Waals surface area contributed by atoms with E-state index in [4.69, 9.17) is 4.74 Å². The topological polar surface area (TPSA) is 41.6 Å². The van der Waals surface area contributed by atoms with E-state index in [1.807, 2.05) is 0 Å². The summed E-state index contributed by atoms with van der Waals surface area (Å²) in [5, 5.41) is 3.32. The Balaban J connectivity index is 1.85. The van der Waals surface area contributed by atoms with Crippen LogP contribution in [0.15, 0.2) is 0 Å². The molecule has 2 aliphatic heterocycles. The van der Waals surface area contributed by atoms with Crippen LogP contribution in [0.25, 0.3) is 0 Å². The Morgan fingerprint density at radius 2 is 2.29 bits per heavy atom. The van der Waals surface area contributed by atoms with Crippen molar-refractivity contribution in [2.75, 3.05) is 39.9 Å². The number of amides is 1. The highest BCUT2D eigenvalue weighted by molar-refractivity contribution is 5.79. The summed E-state index contributed by atoms with van der Waals surface area (Å²) in [5.74, 6) is 1.11. The van der Waals surface area contributed by atoms with Gasteiger partial charge in [-0.25, -0.2) is 0 Å². The summed E-state index contributed by atoms with van der Waals surface area (Å²) >= 11 is 0. The highest BCUT2D eigenvalue weighted by atomic mass is 16.5. The zero-order chi connectivity index (χ0) is 12.1. The van der Waals surface area contributed by atoms with Crippen LogP contribution in [-0.2, 0) is 9.53 Å². The van der Waals surface area contributed by atoms with Gasteiger partial charge < -0.3 is 15.0 Å². The van der Waals surface area contributed by atoms with Crippen LogP contribution in [0.5, 0.6) is 0 Å². The second kappa shape index (κ2) is 6.36. The van der Waals surface area contributed by atoms with Crippen molar-refractivity contribution in [3.63, 3.8) is 0 Å². The van der Waals surface area contributed by atoms with Gasteiger partial charge in [-0.3, -0.25) is 4.79 Å². The van der Waals surface area contributed by atoms with E-state index in [2.05, 4.69) is 10.2 Å². The number of carbonyl (C=O) groups excluding carboxylic acids is 1. The second-order valence-electron chi connectivity index (χ2n) is 5.29. The predicted octanol–water partition coefficient (Wildman–Crippen LogP) is 0.871. The van der Waals surface area contributed by atoms with Crippen molar-refractivity contribution in [3.8, 4) is 0 Å². The van der Waals surface area contributed by atoms with Crippen LogP contribution >= 0.6 is 0 Å². The summed E-state index contributed by atoms with van der Waals surface area (Å²) in [6, 6.07) is 0. The van der Waals surface area contributed by atoms with Gasteiger partial charge in [-0.15, -0.1) is 0 Å². The molecule has 98 valence electrons. The predicted molar refractivity (Wildman–Crippen MR) is 66.8 cm³/mol. The van der Waals surface area contributed by atoms with Crippen LogP contribution in [0.1, 0.15) is 25.7 Å². The lowest BCUT2D eigenvalue weighted by Gasteiger charge is -2.35. The highest BCUT2D eigenvalue weighted by Crippen LogP contribution is 2.20.